The summed E-state index contributed by atoms with van der Waals surface area (Å²) in [5, 5.41) is 0. The fourth-order valence-corrected chi connectivity index (χ4v) is 0.959. The molecule has 0 spiro atoms. The number of hydrogen-bond acceptors (Lipinski definition) is 1. The van der Waals surface area contributed by atoms with Crippen molar-refractivity contribution >= 4 is 6.98 Å². The molecule has 0 aliphatic carbocycles. The fraction of sp³-hybridized carbons (Fsp3) is 0.250. The first-order valence-electron chi connectivity index (χ1n) is 3.98. The number of aryl methyl sites for hydroxylation is 1. The second kappa shape index (κ2) is 6.24. The van der Waals surface area contributed by atoms with E-state index in [-0.39, 0.29) is 57.1 Å². The van der Waals surface area contributed by atoms with Gasteiger partial charge in [-0.05, 0) is 30.7 Å². The Bertz CT molecular complexity index is 329. The van der Waals surface area contributed by atoms with E-state index in [1.165, 1.54) is 13.0 Å². The Morgan fingerprint density at radius 1 is 1.27 bits per heavy atom. The molecule has 78 valence electrons. The standard InChI is InChI=1S/C8H8BF4O.K/c1-6-4-7(10)2-3-8(6)14-5-9(11,12)13;/h2-4H,5H2,1H3;/q-1;+1. The zero-order valence-electron chi connectivity index (χ0n) is 8.44. The van der Waals surface area contributed by atoms with Crippen LogP contribution in [-0.2, 0) is 0 Å². The van der Waals surface area contributed by atoms with Crippen LogP contribution in [-0.4, -0.2) is 13.5 Å². The summed E-state index contributed by atoms with van der Waals surface area (Å²) in [5.41, 5.74) is 0.352. The zero-order valence-corrected chi connectivity index (χ0v) is 11.6. The van der Waals surface area contributed by atoms with E-state index in [0.29, 0.717) is 5.56 Å². The van der Waals surface area contributed by atoms with Crippen LogP contribution in [0.4, 0.5) is 17.3 Å². The molecule has 0 N–H and O–H groups in total. The van der Waals surface area contributed by atoms with E-state index in [2.05, 4.69) is 4.74 Å². The van der Waals surface area contributed by atoms with E-state index in [9.17, 15) is 17.3 Å². The molecule has 0 amide bonds. The normalized spacial score (nSPS) is 10.7. The Labute approximate surface area is 128 Å². The molecule has 0 radical (unpaired) electrons. The van der Waals surface area contributed by atoms with Crippen LogP contribution in [0.3, 0.4) is 0 Å². The van der Waals surface area contributed by atoms with E-state index >= 15 is 0 Å². The third-order valence-corrected chi connectivity index (χ3v) is 1.56. The summed E-state index contributed by atoms with van der Waals surface area (Å²) >= 11 is 0. The largest absolute Gasteiger partial charge is 1.00 e. The van der Waals surface area contributed by atoms with Crippen molar-refractivity contribution in [1.29, 1.82) is 0 Å². The number of ether oxygens (including phenoxy) is 1. The van der Waals surface area contributed by atoms with Crippen molar-refractivity contribution in [2.45, 2.75) is 6.92 Å². The molecule has 0 fully saturated rings. The molecule has 7 heteroatoms. The predicted molar refractivity (Wildman–Crippen MR) is 45.7 cm³/mol. The van der Waals surface area contributed by atoms with Crippen LogP contribution >= 0.6 is 0 Å². The second-order valence-electron chi connectivity index (χ2n) is 2.93. The van der Waals surface area contributed by atoms with Crippen LogP contribution in [0.15, 0.2) is 18.2 Å². The molecule has 1 nitrogen and oxygen atoms in total. The Kier molecular flexibility index (Phi) is 6.43. The van der Waals surface area contributed by atoms with Gasteiger partial charge in [-0.2, -0.15) is 0 Å². The van der Waals surface area contributed by atoms with Crippen LogP contribution < -0.4 is 56.1 Å². The molecule has 0 bridgehead atoms. The summed E-state index contributed by atoms with van der Waals surface area (Å²) in [5.74, 6) is -0.432. The summed E-state index contributed by atoms with van der Waals surface area (Å²) in [4.78, 5) is 0. The summed E-state index contributed by atoms with van der Waals surface area (Å²) in [6.45, 7) is -4.78. The van der Waals surface area contributed by atoms with E-state index in [1.54, 1.807) is 0 Å². The molecule has 0 aromatic heterocycles. The SMILES string of the molecule is Cc1cc(F)ccc1OC[B-](F)(F)F.[K+]. The molecule has 0 atom stereocenters. The van der Waals surface area contributed by atoms with Crippen molar-refractivity contribution in [2.75, 3.05) is 6.51 Å². The zero-order chi connectivity index (χ0) is 10.8. The van der Waals surface area contributed by atoms with Crippen LogP contribution in [0, 0.1) is 12.7 Å². The Balaban J connectivity index is 0.00000196. The van der Waals surface area contributed by atoms with Crippen molar-refractivity contribution in [2.24, 2.45) is 0 Å². The predicted octanol–water partition coefficient (Wildman–Crippen LogP) is -0.0965. The van der Waals surface area contributed by atoms with E-state index in [1.807, 2.05) is 0 Å². The van der Waals surface area contributed by atoms with Crippen molar-refractivity contribution in [3.8, 4) is 5.75 Å². The number of halogens is 4. The molecule has 1 aromatic carbocycles. The van der Waals surface area contributed by atoms with Crippen molar-refractivity contribution in [1.82, 2.24) is 0 Å². The van der Waals surface area contributed by atoms with Crippen molar-refractivity contribution in [3.05, 3.63) is 29.6 Å². The van der Waals surface area contributed by atoms with E-state index < -0.39 is 19.3 Å². The van der Waals surface area contributed by atoms with Gasteiger partial charge in [0.25, 0.3) is 0 Å². The fourth-order valence-electron chi connectivity index (χ4n) is 0.959. The average molecular weight is 246 g/mol. The third kappa shape index (κ3) is 5.91. The summed E-state index contributed by atoms with van der Waals surface area (Å²) in [6.07, 6.45) is 0. The molecule has 1 rings (SSSR count). The molecular weight excluding hydrogens is 238 g/mol. The molecule has 0 saturated carbocycles. The summed E-state index contributed by atoms with van der Waals surface area (Å²) in [6, 6.07) is 3.37. The van der Waals surface area contributed by atoms with Crippen LogP contribution in [0.2, 0.25) is 0 Å². The Morgan fingerprint density at radius 3 is 2.33 bits per heavy atom. The Hall–Kier alpha value is 0.441. The molecule has 0 aliphatic rings. The van der Waals surface area contributed by atoms with Gasteiger partial charge in [0.2, 0.25) is 0 Å². The second-order valence-corrected chi connectivity index (χ2v) is 2.93. The molecule has 0 saturated heterocycles. The monoisotopic (exact) mass is 246 g/mol. The summed E-state index contributed by atoms with van der Waals surface area (Å²) in [7, 11) is 0. The van der Waals surface area contributed by atoms with Gasteiger partial charge in [0.1, 0.15) is 11.6 Å². The number of benzene rings is 1. The van der Waals surface area contributed by atoms with Gasteiger partial charge in [-0.1, -0.05) is 0 Å². The molecule has 0 heterocycles. The van der Waals surface area contributed by atoms with Crippen LogP contribution in [0.1, 0.15) is 5.56 Å². The molecule has 0 aliphatic heterocycles. The first-order valence-corrected chi connectivity index (χ1v) is 3.98. The van der Waals surface area contributed by atoms with Gasteiger partial charge in [0.05, 0.1) is 6.51 Å². The van der Waals surface area contributed by atoms with Gasteiger partial charge >= 0.3 is 58.4 Å². The van der Waals surface area contributed by atoms with Crippen molar-refractivity contribution < 1.29 is 73.5 Å². The topological polar surface area (TPSA) is 9.23 Å². The molecule has 0 unspecified atom stereocenters. The molecule has 1 aromatic rings. The minimum absolute atomic E-state index is 0. The van der Waals surface area contributed by atoms with Crippen LogP contribution in [0.25, 0.3) is 0 Å². The van der Waals surface area contributed by atoms with Gasteiger partial charge in [-0.25, -0.2) is 4.39 Å². The maximum atomic E-state index is 12.5. The molecular formula is C8H8BF4KO. The number of hydrogen-bond donors (Lipinski definition) is 0. The smallest absolute Gasteiger partial charge is 0.521 e. The van der Waals surface area contributed by atoms with Gasteiger partial charge in [0.15, 0.2) is 0 Å². The van der Waals surface area contributed by atoms with E-state index in [4.69, 9.17) is 0 Å². The number of rotatable bonds is 3. The molecule has 15 heavy (non-hydrogen) atoms. The quantitative estimate of drug-likeness (QED) is 0.534. The third-order valence-electron chi connectivity index (χ3n) is 1.56. The van der Waals surface area contributed by atoms with Gasteiger partial charge < -0.3 is 17.7 Å². The van der Waals surface area contributed by atoms with Gasteiger partial charge in [-0.3, -0.25) is 0 Å². The minimum Gasteiger partial charge on any atom is -0.521 e. The van der Waals surface area contributed by atoms with E-state index in [0.717, 1.165) is 12.1 Å². The van der Waals surface area contributed by atoms with Crippen LogP contribution in [0.5, 0.6) is 5.75 Å². The summed E-state index contributed by atoms with van der Waals surface area (Å²) < 4.78 is 52.5. The Morgan fingerprint density at radius 2 is 1.87 bits per heavy atom. The minimum atomic E-state index is -4.97. The first-order chi connectivity index (χ1) is 6.38. The first kappa shape index (κ1) is 15.4. The maximum Gasteiger partial charge on any atom is 1.00 e. The van der Waals surface area contributed by atoms with Gasteiger partial charge in [0, 0.05) is 0 Å². The van der Waals surface area contributed by atoms with Crippen molar-refractivity contribution in [3.63, 3.8) is 0 Å². The van der Waals surface area contributed by atoms with Gasteiger partial charge in [-0.15, -0.1) is 0 Å². The average Bonchev–Trinajstić information content (AvgIpc) is 2.00. The maximum absolute atomic E-state index is 12.5.